The highest BCUT2D eigenvalue weighted by Gasteiger charge is 2.31. The molecule has 0 aliphatic carbocycles. The van der Waals surface area contributed by atoms with Crippen LogP contribution in [0.3, 0.4) is 0 Å². The van der Waals surface area contributed by atoms with Crippen molar-refractivity contribution in [3.05, 3.63) is 71.1 Å². The Morgan fingerprint density at radius 1 is 1.10 bits per heavy atom. The van der Waals surface area contributed by atoms with E-state index in [0.29, 0.717) is 5.89 Å². The van der Waals surface area contributed by atoms with Crippen molar-refractivity contribution in [3.8, 4) is 22.1 Å². The number of benzene rings is 1. The average molecular weight is 434 g/mol. The van der Waals surface area contributed by atoms with E-state index in [2.05, 4.69) is 10.2 Å². The van der Waals surface area contributed by atoms with E-state index in [1.165, 1.54) is 35.6 Å². The average Bonchev–Trinajstić information content (AvgIpc) is 3.48. The van der Waals surface area contributed by atoms with E-state index < -0.39 is 23.8 Å². The van der Waals surface area contributed by atoms with Crippen molar-refractivity contribution in [1.82, 2.24) is 10.2 Å². The Morgan fingerprint density at radius 3 is 2.67 bits per heavy atom. The fourth-order valence-corrected chi connectivity index (χ4v) is 3.26. The zero-order valence-electron chi connectivity index (χ0n) is 15.3. The Morgan fingerprint density at radius 2 is 1.93 bits per heavy atom. The van der Waals surface area contributed by atoms with Gasteiger partial charge in [-0.05, 0) is 42.6 Å². The number of hydrogen-bond acceptors (Lipinski definition) is 7. The highest BCUT2D eigenvalue weighted by molar-refractivity contribution is 7.13. The molecule has 4 rings (SSSR count). The van der Waals surface area contributed by atoms with Crippen LogP contribution in [0.25, 0.3) is 22.1 Å². The Hall–Kier alpha value is -3.40. The summed E-state index contributed by atoms with van der Waals surface area (Å²) in [5.41, 5.74) is -0.624. The minimum atomic E-state index is -4.48. The molecule has 3 aromatic heterocycles. The first kappa shape index (κ1) is 19.9. The van der Waals surface area contributed by atoms with E-state index >= 15 is 0 Å². The molecule has 0 saturated heterocycles. The topological polar surface area (TPSA) is 78.4 Å². The summed E-state index contributed by atoms with van der Waals surface area (Å²) in [6, 6.07) is 11.0. The van der Waals surface area contributed by atoms with Crippen LogP contribution in [-0.2, 0) is 10.9 Å². The number of thiophene rings is 1. The van der Waals surface area contributed by atoms with Crippen LogP contribution in [0, 0.1) is 0 Å². The molecule has 1 unspecified atom stereocenters. The highest BCUT2D eigenvalue weighted by Crippen LogP contribution is 2.33. The minimum absolute atomic E-state index is 0.108. The number of carbonyl (C=O) groups is 1. The van der Waals surface area contributed by atoms with E-state index in [1.54, 1.807) is 6.92 Å². The lowest BCUT2D eigenvalue weighted by Crippen LogP contribution is -2.08. The third-order valence-electron chi connectivity index (χ3n) is 4.09. The Kier molecular flexibility index (Phi) is 5.17. The second-order valence-electron chi connectivity index (χ2n) is 6.21. The molecule has 0 bridgehead atoms. The van der Waals surface area contributed by atoms with Crippen LogP contribution in [-0.4, -0.2) is 16.2 Å². The van der Waals surface area contributed by atoms with E-state index in [0.717, 1.165) is 17.0 Å². The van der Waals surface area contributed by atoms with Crippen molar-refractivity contribution in [3.63, 3.8) is 0 Å². The van der Waals surface area contributed by atoms with Crippen LogP contribution in [0.15, 0.2) is 62.7 Å². The molecular weight excluding hydrogens is 421 g/mol. The molecular formula is C20H13F3N2O4S. The first-order chi connectivity index (χ1) is 14.3. The van der Waals surface area contributed by atoms with Crippen LogP contribution >= 0.6 is 11.3 Å². The standard InChI is InChI=1S/C20H13F3N2O4S/c1-11(17-24-25-18(29-17)16-6-3-9-30-16)27-19(26)15-8-7-14(28-15)12-4-2-5-13(10-12)20(21,22)23/h2-11H,1H3. The summed E-state index contributed by atoms with van der Waals surface area (Å²) in [7, 11) is 0. The molecule has 0 aliphatic rings. The molecule has 0 N–H and O–H groups in total. The van der Waals surface area contributed by atoms with Gasteiger partial charge in [0.15, 0.2) is 6.10 Å². The summed E-state index contributed by atoms with van der Waals surface area (Å²) in [6.45, 7) is 1.56. The maximum Gasteiger partial charge on any atom is 0.416 e. The summed E-state index contributed by atoms with van der Waals surface area (Å²) < 4.78 is 54.9. The molecule has 0 spiro atoms. The summed E-state index contributed by atoms with van der Waals surface area (Å²) >= 11 is 1.43. The quantitative estimate of drug-likeness (QED) is 0.359. The number of halogens is 3. The van der Waals surface area contributed by atoms with Gasteiger partial charge in [-0.15, -0.1) is 21.5 Å². The number of carbonyl (C=O) groups excluding carboxylic acids is 1. The molecule has 154 valence electrons. The van der Waals surface area contributed by atoms with E-state index in [1.807, 2.05) is 17.5 Å². The number of aromatic nitrogens is 2. The maximum atomic E-state index is 12.9. The maximum absolute atomic E-state index is 12.9. The van der Waals surface area contributed by atoms with Crippen molar-refractivity contribution < 1.29 is 31.5 Å². The van der Waals surface area contributed by atoms with Crippen molar-refractivity contribution >= 4 is 17.3 Å². The van der Waals surface area contributed by atoms with Crippen LogP contribution in [0.5, 0.6) is 0 Å². The SMILES string of the molecule is CC(OC(=O)c1ccc(-c2cccc(C(F)(F)F)c2)o1)c1nnc(-c2cccs2)o1. The normalized spacial score (nSPS) is 12.7. The van der Waals surface area contributed by atoms with Crippen molar-refractivity contribution in [2.24, 2.45) is 0 Å². The lowest BCUT2D eigenvalue weighted by Gasteiger charge is -2.08. The summed E-state index contributed by atoms with van der Waals surface area (Å²) in [5.74, 6) is -0.438. The van der Waals surface area contributed by atoms with Gasteiger partial charge < -0.3 is 13.6 Å². The fraction of sp³-hybridized carbons (Fsp3) is 0.150. The van der Waals surface area contributed by atoms with Gasteiger partial charge in [0, 0.05) is 5.56 Å². The molecule has 4 aromatic rings. The van der Waals surface area contributed by atoms with Crippen LogP contribution < -0.4 is 0 Å². The van der Waals surface area contributed by atoms with Gasteiger partial charge in [-0.25, -0.2) is 4.79 Å². The molecule has 3 heterocycles. The van der Waals surface area contributed by atoms with Crippen LogP contribution in [0.1, 0.15) is 35.0 Å². The second kappa shape index (κ2) is 7.79. The molecule has 6 nitrogen and oxygen atoms in total. The minimum Gasteiger partial charge on any atom is -0.449 e. The molecule has 10 heteroatoms. The Balaban J connectivity index is 1.47. The summed E-state index contributed by atoms with van der Waals surface area (Å²) in [6.07, 6.45) is -5.33. The van der Waals surface area contributed by atoms with Gasteiger partial charge >= 0.3 is 12.1 Å². The van der Waals surface area contributed by atoms with E-state index in [9.17, 15) is 18.0 Å². The van der Waals surface area contributed by atoms with Crippen molar-refractivity contribution in [2.45, 2.75) is 19.2 Å². The molecule has 0 aliphatic heterocycles. The number of alkyl halides is 3. The smallest absolute Gasteiger partial charge is 0.416 e. The number of esters is 1. The predicted molar refractivity (Wildman–Crippen MR) is 101 cm³/mol. The first-order valence-corrected chi connectivity index (χ1v) is 9.55. The molecule has 1 atom stereocenters. The van der Waals surface area contributed by atoms with Gasteiger partial charge in [-0.2, -0.15) is 13.2 Å². The van der Waals surface area contributed by atoms with Gasteiger partial charge in [0.1, 0.15) is 5.76 Å². The third kappa shape index (κ3) is 4.13. The zero-order valence-corrected chi connectivity index (χ0v) is 16.2. The largest absolute Gasteiger partial charge is 0.449 e. The number of furan rings is 1. The summed E-state index contributed by atoms with van der Waals surface area (Å²) in [5, 5.41) is 9.66. The highest BCUT2D eigenvalue weighted by atomic mass is 32.1. The van der Waals surface area contributed by atoms with Gasteiger partial charge in [0.25, 0.3) is 11.8 Å². The molecule has 0 saturated carbocycles. The van der Waals surface area contributed by atoms with Gasteiger partial charge in [-0.3, -0.25) is 0 Å². The van der Waals surface area contributed by atoms with Crippen molar-refractivity contribution in [1.29, 1.82) is 0 Å². The van der Waals surface area contributed by atoms with Gasteiger partial charge in [0.2, 0.25) is 5.76 Å². The van der Waals surface area contributed by atoms with Gasteiger partial charge in [-0.1, -0.05) is 18.2 Å². The second-order valence-corrected chi connectivity index (χ2v) is 7.16. The molecule has 0 radical (unpaired) electrons. The fourth-order valence-electron chi connectivity index (χ4n) is 2.62. The van der Waals surface area contributed by atoms with Crippen molar-refractivity contribution in [2.75, 3.05) is 0 Å². The number of hydrogen-bond donors (Lipinski definition) is 0. The number of ether oxygens (including phenoxy) is 1. The van der Waals surface area contributed by atoms with E-state index in [4.69, 9.17) is 13.6 Å². The Bertz CT molecular complexity index is 1160. The van der Waals surface area contributed by atoms with Crippen LogP contribution in [0.2, 0.25) is 0 Å². The third-order valence-corrected chi connectivity index (χ3v) is 4.94. The Labute approximate surface area is 171 Å². The predicted octanol–water partition coefficient (Wildman–Crippen LogP) is 5.99. The number of nitrogens with zero attached hydrogens (tertiary/aromatic N) is 2. The molecule has 1 aromatic carbocycles. The van der Waals surface area contributed by atoms with E-state index in [-0.39, 0.29) is 23.0 Å². The lowest BCUT2D eigenvalue weighted by atomic mass is 10.1. The monoisotopic (exact) mass is 434 g/mol. The first-order valence-electron chi connectivity index (χ1n) is 8.67. The van der Waals surface area contributed by atoms with Crippen LogP contribution in [0.4, 0.5) is 13.2 Å². The molecule has 0 amide bonds. The number of rotatable bonds is 5. The zero-order chi connectivity index (χ0) is 21.3. The molecule has 30 heavy (non-hydrogen) atoms. The van der Waals surface area contributed by atoms with Gasteiger partial charge in [0.05, 0.1) is 10.4 Å². The molecule has 0 fully saturated rings. The lowest BCUT2D eigenvalue weighted by molar-refractivity contribution is -0.137. The summed E-state index contributed by atoms with van der Waals surface area (Å²) in [4.78, 5) is 13.1.